The molecule has 1 saturated carbocycles. The van der Waals surface area contributed by atoms with Crippen molar-refractivity contribution in [2.24, 2.45) is 0 Å². The third-order valence-corrected chi connectivity index (χ3v) is 4.19. The molecule has 0 radical (unpaired) electrons. The second kappa shape index (κ2) is 6.10. The van der Waals surface area contributed by atoms with Gasteiger partial charge in [-0.15, -0.1) is 0 Å². The van der Waals surface area contributed by atoms with Crippen molar-refractivity contribution in [1.29, 1.82) is 0 Å². The topological polar surface area (TPSA) is 32.3 Å². The SMILES string of the molecule is O=C(c1cc(F)cc(F)c1)N(CC1CCCCN1)C1CC1. The molecule has 2 aliphatic rings. The maximum absolute atomic E-state index is 13.3. The van der Waals surface area contributed by atoms with E-state index in [1.165, 1.54) is 12.8 Å². The van der Waals surface area contributed by atoms with Crippen molar-refractivity contribution in [2.45, 2.75) is 44.2 Å². The maximum atomic E-state index is 13.3. The molecule has 1 atom stereocenters. The molecule has 5 heteroatoms. The Morgan fingerprint density at radius 1 is 1.14 bits per heavy atom. The molecule has 3 nitrogen and oxygen atoms in total. The number of hydrogen-bond donors (Lipinski definition) is 1. The summed E-state index contributed by atoms with van der Waals surface area (Å²) in [6.45, 7) is 1.60. The van der Waals surface area contributed by atoms with Gasteiger partial charge in [-0.3, -0.25) is 4.79 Å². The van der Waals surface area contributed by atoms with Crippen LogP contribution in [0.5, 0.6) is 0 Å². The largest absolute Gasteiger partial charge is 0.334 e. The molecule has 1 aliphatic carbocycles. The van der Waals surface area contributed by atoms with Crippen molar-refractivity contribution in [3.63, 3.8) is 0 Å². The lowest BCUT2D eigenvalue weighted by atomic mass is 10.0. The Kier molecular flexibility index (Phi) is 4.19. The van der Waals surface area contributed by atoms with Crippen molar-refractivity contribution in [3.05, 3.63) is 35.4 Å². The first-order valence-corrected chi connectivity index (χ1v) is 7.64. The van der Waals surface area contributed by atoms with Crippen molar-refractivity contribution in [1.82, 2.24) is 10.2 Å². The van der Waals surface area contributed by atoms with Crippen LogP contribution in [0.3, 0.4) is 0 Å². The second-order valence-electron chi connectivity index (χ2n) is 5.99. The van der Waals surface area contributed by atoms with Gasteiger partial charge in [-0.1, -0.05) is 6.42 Å². The average molecular weight is 294 g/mol. The minimum absolute atomic E-state index is 0.107. The molecule has 1 aromatic rings. The van der Waals surface area contributed by atoms with Crippen LogP contribution in [-0.4, -0.2) is 36.0 Å². The zero-order valence-electron chi connectivity index (χ0n) is 11.9. The number of rotatable bonds is 4. The maximum Gasteiger partial charge on any atom is 0.254 e. The first-order valence-electron chi connectivity index (χ1n) is 7.64. The van der Waals surface area contributed by atoms with E-state index in [4.69, 9.17) is 0 Å². The van der Waals surface area contributed by atoms with Crippen LogP contribution in [0.15, 0.2) is 18.2 Å². The van der Waals surface area contributed by atoms with Gasteiger partial charge in [-0.25, -0.2) is 8.78 Å². The zero-order valence-corrected chi connectivity index (χ0v) is 11.9. The number of nitrogens with zero attached hydrogens (tertiary/aromatic N) is 1. The molecule has 1 heterocycles. The Balaban J connectivity index is 1.74. The highest BCUT2D eigenvalue weighted by Gasteiger charge is 2.34. The van der Waals surface area contributed by atoms with Crippen LogP contribution in [0.2, 0.25) is 0 Å². The molecule has 3 rings (SSSR count). The first kappa shape index (κ1) is 14.4. The lowest BCUT2D eigenvalue weighted by molar-refractivity contribution is 0.0717. The standard InChI is InChI=1S/C16H20F2N2O/c17-12-7-11(8-13(18)9-12)16(21)20(15-4-5-15)10-14-3-1-2-6-19-14/h7-9,14-15,19H,1-6,10H2. The summed E-state index contributed by atoms with van der Waals surface area (Å²) in [5.41, 5.74) is 0.107. The average Bonchev–Trinajstić information content (AvgIpc) is 3.29. The molecule has 21 heavy (non-hydrogen) atoms. The van der Waals surface area contributed by atoms with Gasteiger partial charge in [0.25, 0.3) is 5.91 Å². The van der Waals surface area contributed by atoms with E-state index in [9.17, 15) is 13.6 Å². The quantitative estimate of drug-likeness (QED) is 0.926. The van der Waals surface area contributed by atoms with Gasteiger partial charge >= 0.3 is 0 Å². The molecule has 0 spiro atoms. The second-order valence-corrected chi connectivity index (χ2v) is 5.99. The van der Waals surface area contributed by atoms with Crippen molar-refractivity contribution in [3.8, 4) is 0 Å². The molecular weight excluding hydrogens is 274 g/mol. The summed E-state index contributed by atoms with van der Waals surface area (Å²) in [4.78, 5) is 14.4. The molecule has 1 aliphatic heterocycles. The van der Waals surface area contributed by atoms with E-state index in [0.717, 1.165) is 44.0 Å². The summed E-state index contributed by atoms with van der Waals surface area (Å²) in [7, 11) is 0. The summed E-state index contributed by atoms with van der Waals surface area (Å²) in [5, 5.41) is 3.42. The van der Waals surface area contributed by atoms with E-state index in [2.05, 4.69) is 5.32 Å². The smallest absolute Gasteiger partial charge is 0.254 e. The number of nitrogens with one attached hydrogen (secondary N) is 1. The molecule has 2 fully saturated rings. The van der Waals surface area contributed by atoms with Gasteiger partial charge in [0.2, 0.25) is 0 Å². The highest BCUT2D eigenvalue weighted by molar-refractivity contribution is 5.94. The fraction of sp³-hybridized carbons (Fsp3) is 0.562. The van der Waals surface area contributed by atoms with Crippen molar-refractivity contribution >= 4 is 5.91 Å². The van der Waals surface area contributed by atoms with Gasteiger partial charge in [-0.05, 0) is 44.4 Å². The van der Waals surface area contributed by atoms with Gasteiger partial charge < -0.3 is 10.2 Å². The van der Waals surface area contributed by atoms with Crippen LogP contribution < -0.4 is 5.32 Å². The monoisotopic (exact) mass is 294 g/mol. The molecule has 1 aromatic carbocycles. The highest BCUT2D eigenvalue weighted by atomic mass is 19.1. The minimum Gasteiger partial charge on any atom is -0.334 e. The lowest BCUT2D eigenvalue weighted by Crippen LogP contribution is -2.46. The van der Waals surface area contributed by atoms with Crippen LogP contribution in [0, 0.1) is 11.6 Å². The summed E-state index contributed by atoms with van der Waals surface area (Å²) in [5.74, 6) is -1.67. The van der Waals surface area contributed by atoms with E-state index >= 15 is 0 Å². The number of carbonyl (C=O) groups excluding carboxylic acids is 1. The molecular formula is C16H20F2N2O. The van der Waals surface area contributed by atoms with E-state index in [1.54, 1.807) is 4.90 Å². The van der Waals surface area contributed by atoms with Crippen molar-refractivity contribution in [2.75, 3.05) is 13.1 Å². The zero-order chi connectivity index (χ0) is 14.8. The van der Waals surface area contributed by atoms with Crippen LogP contribution in [-0.2, 0) is 0 Å². The van der Waals surface area contributed by atoms with Gasteiger partial charge in [0, 0.05) is 30.3 Å². The summed E-state index contributed by atoms with van der Waals surface area (Å²) < 4.78 is 26.6. The van der Waals surface area contributed by atoms with Crippen LogP contribution in [0.25, 0.3) is 0 Å². The van der Waals surface area contributed by atoms with E-state index in [1.807, 2.05) is 0 Å². The third kappa shape index (κ3) is 3.59. The Hall–Kier alpha value is -1.49. The molecule has 1 amide bonds. The molecule has 1 N–H and O–H groups in total. The first-order chi connectivity index (χ1) is 10.1. The minimum atomic E-state index is -0.704. The summed E-state index contributed by atoms with van der Waals surface area (Å²) in [6, 6.07) is 3.56. The molecule has 1 saturated heterocycles. The number of hydrogen-bond acceptors (Lipinski definition) is 2. The number of halogens is 2. The van der Waals surface area contributed by atoms with Gasteiger partial charge in [0.15, 0.2) is 0 Å². The van der Waals surface area contributed by atoms with Crippen LogP contribution in [0.1, 0.15) is 42.5 Å². The number of carbonyl (C=O) groups is 1. The third-order valence-electron chi connectivity index (χ3n) is 4.19. The van der Waals surface area contributed by atoms with Gasteiger partial charge in [-0.2, -0.15) is 0 Å². The van der Waals surface area contributed by atoms with E-state index in [0.29, 0.717) is 12.6 Å². The molecule has 0 aromatic heterocycles. The van der Waals surface area contributed by atoms with Crippen LogP contribution in [0.4, 0.5) is 8.78 Å². The fourth-order valence-corrected chi connectivity index (χ4v) is 2.94. The van der Waals surface area contributed by atoms with Gasteiger partial charge in [0.1, 0.15) is 11.6 Å². The van der Waals surface area contributed by atoms with E-state index in [-0.39, 0.29) is 17.5 Å². The molecule has 1 unspecified atom stereocenters. The number of amides is 1. The highest BCUT2D eigenvalue weighted by Crippen LogP contribution is 2.29. The molecule has 0 bridgehead atoms. The summed E-state index contributed by atoms with van der Waals surface area (Å²) >= 11 is 0. The number of benzene rings is 1. The Morgan fingerprint density at radius 2 is 1.86 bits per heavy atom. The predicted octanol–water partition coefficient (Wildman–Crippen LogP) is 2.71. The predicted molar refractivity (Wildman–Crippen MR) is 76.1 cm³/mol. The normalized spacial score (nSPS) is 22.1. The Bertz CT molecular complexity index is 505. The van der Waals surface area contributed by atoms with Gasteiger partial charge in [0.05, 0.1) is 0 Å². The summed E-state index contributed by atoms with van der Waals surface area (Å²) in [6.07, 6.45) is 5.35. The van der Waals surface area contributed by atoms with Crippen LogP contribution >= 0.6 is 0 Å². The number of piperidine rings is 1. The Morgan fingerprint density at radius 3 is 2.43 bits per heavy atom. The Labute approximate surface area is 123 Å². The van der Waals surface area contributed by atoms with E-state index < -0.39 is 11.6 Å². The lowest BCUT2D eigenvalue weighted by Gasteiger charge is -2.31. The molecule has 114 valence electrons. The fourth-order valence-electron chi connectivity index (χ4n) is 2.94. The van der Waals surface area contributed by atoms with Crippen molar-refractivity contribution < 1.29 is 13.6 Å².